The summed E-state index contributed by atoms with van der Waals surface area (Å²) >= 11 is 0. The van der Waals surface area contributed by atoms with Crippen molar-refractivity contribution in [1.82, 2.24) is 14.9 Å². The number of rotatable bonds is 7. The largest absolute Gasteiger partial charge is 0.493 e. The molecule has 0 radical (unpaired) electrons. The number of hydrogen-bond acceptors (Lipinski definition) is 5. The fraction of sp³-hybridized carbons (Fsp3) is 0.160. The number of hydrogen-bond donors (Lipinski definition) is 0. The molecule has 2 aromatic carbocycles. The molecular formula is C25H21F2N3O3. The number of pyridine rings is 2. The Labute approximate surface area is 189 Å². The van der Waals surface area contributed by atoms with Crippen LogP contribution < -0.4 is 9.47 Å². The van der Waals surface area contributed by atoms with Crippen LogP contribution in [0.4, 0.5) is 8.78 Å². The number of carbonyl (C=O) groups excluding carboxylic acids is 1. The zero-order valence-corrected chi connectivity index (χ0v) is 18.0. The molecule has 2 heterocycles. The lowest BCUT2D eigenvalue weighted by atomic mass is 10.0. The molecule has 33 heavy (non-hydrogen) atoms. The van der Waals surface area contributed by atoms with E-state index in [0.717, 1.165) is 10.9 Å². The number of nitrogens with zero attached hydrogens (tertiary/aromatic N) is 3. The summed E-state index contributed by atoms with van der Waals surface area (Å²) < 4.78 is 34.8. The molecule has 0 saturated carbocycles. The van der Waals surface area contributed by atoms with E-state index in [1.54, 1.807) is 42.5 Å². The number of halogens is 2. The van der Waals surface area contributed by atoms with Crippen molar-refractivity contribution < 1.29 is 23.0 Å². The van der Waals surface area contributed by atoms with Gasteiger partial charge in [-0.05, 0) is 42.0 Å². The molecule has 0 N–H and O–H groups in total. The van der Waals surface area contributed by atoms with Gasteiger partial charge in [0, 0.05) is 36.9 Å². The molecule has 0 aliphatic carbocycles. The maximum absolute atomic E-state index is 13.4. The smallest absolute Gasteiger partial charge is 0.387 e. The summed E-state index contributed by atoms with van der Waals surface area (Å²) in [5.74, 6) is -0.0982. The molecule has 2 aromatic heterocycles. The average molecular weight is 449 g/mol. The molecule has 0 unspecified atom stereocenters. The first-order valence-electron chi connectivity index (χ1n) is 10.1. The standard InChI is InChI=1S/C25H21F2N3O3/c1-30(15-16-9-10-22(33-25(26)27)23(12-16)32-2)24(31)19-13-21(17-6-5-11-28-14-17)29-20-8-4-3-7-18(19)20/h3-14,25H,15H2,1-2H3. The van der Waals surface area contributed by atoms with Crippen LogP contribution in [0.2, 0.25) is 0 Å². The summed E-state index contributed by atoms with van der Waals surface area (Å²) in [6.45, 7) is -2.72. The van der Waals surface area contributed by atoms with Crippen LogP contribution in [0.25, 0.3) is 22.2 Å². The van der Waals surface area contributed by atoms with Gasteiger partial charge in [-0.1, -0.05) is 24.3 Å². The van der Waals surface area contributed by atoms with Gasteiger partial charge in [-0.25, -0.2) is 4.98 Å². The second-order valence-electron chi connectivity index (χ2n) is 7.34. The monoisotopic (exact) mass is 449 g/mol. The maximum atomic E-state index is 13.4. The van der Waals surface area contributed by atoms with Crippen molar-refractivity contribution in [2.75, 3.05) is 14.2 Å². The first-order valence-corrected chi connectivity index (χ1v) is 10.1. The van der Waals surface area contributed by atoms with Crippen molar-refractivity contribution in [3.63, 3.8) is 0 Å². The number of fused-ring (bicyclic) bond motifs is 1. The van der Waals surface area contributed by atoms with Crippen molar-refractivity contribution in [2.24, 2.45) is 0 Å². The molecular weight excluding hydrogens is 428 g/mol. The minimum absolute atomic E-state index is 0.0635. The van der Waals surface area contributed by atoms with Crippen LogP contribution in [-0.4, -0.2) is 41.5 Å². The highest BCUT2D eigenvalue weighted by Crippen LogP contribution is 2.30. The van der Waals surface area contributed by atoms with Crippen molar-refractivity contribution in [1.29, 1.82) is 0 Å². The third-order valence-corrected chi connectivity index (χ3v) is 5.11. The van der Waals surface area contributed by atoms with Crippen molar-refractivity contribution >= 4 is 16.8 Å². The van der Waals surface area contributed by atoms with Crippen LogP contribution in [0.3, 0.4) is 0 Å². The van der Waals surface area contributed by atoms with Crippen molar-refractivity contribution in [3.8, 4) is 22.8 Å². The van der Waals surface area contributed by atoms with Crippen LogP contribution in [0, 0.1) is 0 Å². The van der Waals surface area contributed by atoms with E-state index >= 15 is 0 Å². The predicted molar refractivity (Wildman–Crippen MR) is 120 cm³/mol. The summed E-state index contributed by atoms with van der Waals surface area (Å²) in [5.41, 5.74) is 3.36. The molecule has 0 spiro atoms. The summed E-state index contributed by atoms with van der Waals surface area (Å²) in [4.78, 5) is 23.8. The fourth-order valence-corrected chi connectivity index (χ4v) is 3.57. The lowest BCUT2D eigenvalue weighted by Crippen LogP contribution is -2.26. The van der Waals surface area contributed by atoms with E-state index in [-0.39, 0.29) is 24.0 Å². The van der Waals surface area contributed by atoms with Crippen LogP contribution >= 0.6 is 0 Å². The van der Waals surface area contributed by atoms with Gasteiger partial charge in [0.05, 0.1) is 23.9 Å². The lowest BCUT2D eigenvalue weighted by Gasteiger charge is -2.20. The summed E-state index contributed by atoms with van der Waals surface area (Å²) in [6, 6.07) is 17.5. The van der Waals surface area contributed by atoms with E-state index in [0.29, 0.717) is 22.3 Å². The second-order valence-corrected chi connectivity index (χ2v) is 7.34. The molecule has 0 saturated heterocycles. The average Bonchev–Trinajstić information content (AvgIpc) is 2.84. The van der Waals surface area contributed by atoms with E-state index in [1.807, 2.05) is 36.4 Å². The fourth-order valence-electron chi connectivity index (χ4n) is 3.57. The predicted octanol–water partition coefficient (Wildman–Crippen LogP) is 5.18. The molecule has 168 valence electrons. The van der Waals surface area contributed by atoms with E-state index < -0.39 is 6.61 Å². The first kappa shape index (κ1) is 22.1. The molecule has 0 aliphatic heterocycles. The highest BCUT2D eigenvalue weighted by Gasteiger charge is 2.19. The Balaban J connectivity index is 1.66. The highest BCUT2D eigenvalue weighted by atomic mass is 19.3. The number of carbonyl (C=O) groups is 1. The number of methoxy groups -OCH3 is 1. The zero-order chi connectivity index (χ0) is 23.4. The van der Waals surface area contributed by atoms with Crippen LogP contribution in [0.15, 0.2) is 73.1 Å². The molecule has 4 rings (SSSR count). The van der Waals surface area contributed by atoms with Gasteiger partial charge < -0.3 is 14.4 Å². The number of para-hydroxylation sites is 1. The van der Waals surface area contributed by atoms with Gasteiger partial charge in [0.25, 0.3) is 5.91 Å². The van der Waals surface area contributed by atoms with Crippen LogP contribution in [0.5, 0.6) is 11.5 Å². The SMILES string of the molecule is COc1cc(CN(C)C(=O)c2cc(-c3cccnc3)nc3ccccc23)ccc1OC(F)F. The van der Waals surface area contributed by atoms with Crippen LogP contribution in [-0.2, 0) is 6.54 Å². The number of aromatic nitrogens is 2. The number of amides is 1. The Hall–Kier alpha value is -4.07. The first-order chi connectivity index (χ1) is 16.0. The Kier molecular flexibility index (Phi) is 6.44. The van der Waals surface area contributed by atoms with Gasteiger partial charge in [0.2, 0.25) is 0 Å². The Morgan fingerprint density at radius 3 is 2.61 bits per heavy atom. The molecule has 8 heteroatoms. The van der Waals surface area contributed by atoms with Gasteiger partial charge in [-0.15, -0.1) is 0 Å². The quantitative estimate of drug-likeness (QED) is 0.389. The molecule has 1 amide bonds. The van der Waals surface area contributed by atoms with Gasteiger partial charge >= 0.3 is 6.61 Å². The van der Waals surface area contributed by atoms with E-state index in [2.05, 4.69) is 14.7 Å². The molecule has 6 nitrogen and oxygen atoms in total. The maximum Gasteiger partial charge on any atom is 0.387 e. The topological polar surface area (TPSA) is 64.5 Å². The third kappa shape index (κ3) is 4.90. The van der Waals surface area contributed by atoms with Crippen molar-refractivity contribution in [2.45, 2.75) is 13.2 Å². The zero-order valence-electron chi connectivity index (χ0n) is 18.0. The Bertz CT molecular complexity index is 1280. The van der Waals surface area contributed by atoms with Gasteiger partial charge in [-0.2, -0.15) is 8.78 Å². The highest BCUT2D eigenvalue weighted by molar-refractivity contribution is 6.07. The van der Waals surface area contributed by atoms with E-state index in [1.165, 1.54) is 13.2 Å². The van der Waals surface area contributed by atoms with Crippen molar-refractivity contribution in [3.05, 3.63) is 84.2 Å². The molecule has 0 fully saturated rings. The van der Waals surface area contributed by atoms with E-state index in [4.69, 9.17) is 4.74 Å². The third-order valence-electron chi connectivity index (χ3n) is 5.11. The molecule has 0 aliphatic rings. The normalized spacial score (nSPS) is 10.9. The number of ether oxygens (including phenoxy) is 2. The van der Waals surface area contributed by atoms with Gasteiger partial charge in [-0.3, -0.25) is 9.78 Å². The lowest BCUT2D eigenvalue weighted by molar-refractivity contribution is -0.0512. The van der Waals surface area contributed by atoms with Crippen LogP contribution in [0.1, 0.15) is 15.9 Å². The molecule has 4 aromatic rings. The summed E-state index contributed by atoms with van der Waals surface area (Å²) in [5, 5.41) is 0.736. The minimum atomic E-state index is -2.96. The Morgan fingerprint density at radius 1 is 1.06 bits per heavy atom. The molecule has 0 bridgehead atoms. The second kappa shape index (κ2) is 9.60. The number of alkyl halides is 2. The van der Waals surface area contributed by atoms with Gasteiger partial charge in [0.1, 0.15) is 0 Å². The Morgan fingerprint density at radius 2 is 1.88 bits per heavy atom. The summed E-state index contributed by atoms with van der Waals surface area (Å²) in [6.07, 6.45) is 3.38. The summed E-state index contributed by atoms with van der Waals surface area (Å²) in [7, 11) is 3.05. The molecule has 0 atom stereocenters. The van der Waals surface area contributed by atoms with Gasteiger partial charge in [0.15, 0.2) is 11.5 Å². The number of benzene rings is 2. The van der Waals surface area contributed by atoms with E-state index in [9.17, 15) is 13.6 Å². The minimum Gasteiger partial charge on any atom is -0.493 e.